The zero-order valence-electron chi connectivity index (χ0n) is 7.37. The molecule has 0 saturated heterocycles. The van der Waals surface area contributed by atoms with Gasteiger partial charge in [0.15, 0.2) is 0 Å². The predicted octanol–water partition coefficient (Wildman–Crippen LogP) is 3.39. The Balaban J connectivity index is 2.53. The second kappa shape index (κ2) is 3.54. The molecule has 2 aromatic rings. The molecule has 0 aliphatic rings. The zero-order chi connectivity index (χ0) is 9.26. The number of aryl methyl sites for hydroxylation is 1. The van der Waals surface area contributed by atoms with Crippen LogP contribution in [0.1, 0.15) is 5.56 Å². The molecule has 0 amide bonds. The monoisotopic (exact) mass is 283 g/mol. The van der Waals surface area contributed by atoms with Gasteiger partial charge in [-0.15, -0.1) is 0 Å². The third-order valence-electron chi connectivity index (χ3n) is 1.99. The van der Waals surface area contributed by atoms with E-state index in [1.807, 2.05) is 12.1 Å². The van der Waals surface area contributed by atoms with E-state index in [0.717, 1.165) is 0 Å². The highest BCUT2D eigenvalue weighted by Crippen LogP contribution is 2.18. The maximum Gasteiger partial charge on any atom is 0.0583 e. The minimum absolute atomic E-state index is 1.25. The number of hydrogen-bond donors (Lipinski definition) is 0. The fraction of sp³-hybridized carbons (Fsp3) is 0.0909. The summed E-state index contributed by atoms with van der Waals surface area (Å²) in [5, 5.41) is 0. The number of nitrogens with zero attached hydrogens (tertiary/aromatic N) is 1. The van der Waals surface area contributed by atoms with Crippen molar-refractivity contribution in [2.75, 3.05) is 0 Å². The van der Waals surface area contributed by atoms with Gasteiger partial charge >= 0.3 is 0 Å². The van der Waals surface area contributed by atoms with Gasteiger partial charge < -0.3 is 4.57 Å². The van der Waals surface area contributed by atoms with E-state index in [-0.39, 0.29) is 0 Å². The Bertz CT molecular complexity index is 404. The molecule has 0 bridgehead atoms. The second-order valence-corrected chi connectivity index (χ2v) is 4.21. The van der Waals surface area contributed by atoms with Gasteiger partial charge in [0.2, 0.25) is 0 Å². The van der Waals surface area contributed by atoms with Crippen LogP contribution in [0.5, 0.6) is 0 Å². The lowest BCUT2D eigenvalue weighted by molar-refractivity contribution is 1.07. The van der Waals surface area contributed by atoms with Crippen molar-refractivity contribution in [1.82, 2.24) is 4.57 Å². The van der Waals surface area contributed by atoms with Gasteiger partial charge in [0.25, 0.3) is 0 Å². The summed E-state index contributed by atoms with van der Waals surface area (Å²) >= 11 is 2.37. The Morgan fingerprint density at radius 3 is 2.46 bits per heavy atom. The average Bonchev–Trinajstić information content (AvgIpc) is 2.56. The van der Waals surface area contributed by atoms with Crippen molar-refractivity contribution < 1.29 is 0 Å². The summed E-state index contributed by atoms with van der Waals surface area (Å²) in [6.07, 6.45) is 4.12. The number of halogens is 1. The lowest BCUT2D eigenvalue weighted by atomic mass is 10.2. The molecule has 2 rings (SSSR count). The van der Waals surface area contributed by atoms with E-state index in [4.69, 9.17) is 0 Å². The van der Waals surface area contributed by atoms with Gasteiger partial charge in [-0.1, -0.05) is 6.07 Å². The molecule has 0 fully saturated rings. The van der Waals surface area contributed by atoms with E-state index < -0.39 is 0 Å². The van der Waals surface area contributed by atoms with Crippen molar-refractivity contribution in [2.45, 2.75) is 6.92 Å². The topological polar surface area (TPSA) is 4.93 Å². The van der Waals surface area contributed by atoms with Crippen LogP contribution in [0.4, 0.5) is 0 Å². The quantitative estimate of drug-likeness (QED) is 0.707. The molecule has 1 nitrogen and oxygen atoms in total. The standard InChI is InChI=1S/C11H10IN/c1-9-4-5-11(10(12)8-9)13-6-2-3-7-13/h2-8H,1H3. The molecule has 0 N–H and O–H groups in total. The Labute approximate surface area is 91.5 Å². The summed E-state index contributed by atoms with van der Waals surface area (Å²) in [6.45, 7) is 2.11. The summed E-state index contributed by atoms with van der Waals surface area (Å²) in [5.41, 5.74) is 2.55. The smallest absolute Gasteiger partial charge is 0.0583 e. The lowest BCUT2D eigenvalue weighted by Crippen LogP contribution is -1.93. The third-order valence-corrected chi connectivity index (χ3v) is 2.85. The number of rotatable bonds is 1. The fourth-order valence-electron chi connectivity index (χ4n) is 1.32. The highest BCUT2D eigenvalue weighted by Gasteiger charge is 1.99. The molecular weight excluding hydrogens is 273 g/mol. The van der Waals surface area contributed by atoms with Gasteiger partial charge in [0.05, 0.1) is 5.69 Å². The van der Waals surface area contributed by atoms with E-state index in [1.165, 1.54) is 14.8 Å². The maximum absolute atomic E-state index is 2.37. The summed E-state index contributed by atoms with van der Waals surface area (Å²) in [6, 6.07) is 10.6. The van der Waals surface area contributed by atoms with Crippen LogP contribution in [0.15, 0.2) is 42.7 Å². The molecule has 66 valence electrons. The Kier molecular flexibility index (Phi) is 2.40. The Hall–Kier alpha value is -0.770. The molecule has 0 aliphatic carbocycles. The third kappa shape index (κ3) is 1.77. The van der Waals surface area contributed by atoms with E-state index in [9.17, 15) is 0 Å². The normalized spacial score (nSPS) is 10.3. The maximum atomic E-state index is 2.37. The van der Waals surface area contributed by atoms with Gasteiger partial charge in [0.1, 0.15) is 0 Å². The molecule has 1 aromatic carbocycles. The van der Waals surface area contributed by atoms with Crippen molar-refractivity contribution >= 4 is 22.6 Å². The molecular formula is C11H10IN. The van der Waals surface area contributed by atoms with Gasteiger partial charge in [-0.05, 0) is 59.3 Å². The Morgan fingerprint density at radius 2 is 1.85 bits per heavy atom. The molecule has 1 aromatic heterocycles. The van der Waals surface area contributed by atoms with E-state index in [2.05, 4.69) is 64.7 Å². The van der Waals surface area contributed by atoms with Gasteiger partial charge in [-0.25, -0.2) is 0 Å². The largest absolute Gasteiger partial charge is 0.323 e. The lowest BCUT2D eigenvalue weighted by Gasteiger charge is -2.06. The molecule has 0 radical (unpaired) electrons. The fourth-order valence-corrected chi connectivity index (χ4v) is 2.27. The van der Waals surface area contributed by atoms with E-state index >= 15 is 0 Å². The SMILES string of the molecule is Cc1ccc(-n2cccc2)c(I)c1. The summed E-state index contributed by atoms with van der Waals surface area (Å²) in [7, 11) is 0. The van der Waals surface area contributed by atoms with Crippen molar-refractivity contribution in [3.05, 3.63) is 51.9 Å². The molecule has 0 aliphatic heterocycles. The first-order valence-corrected chi connectivity index (χ1v) is 5.25. The highest BCUT2D eigenvalue weighted by molar-refractivity contribution is 14.1. The number of benzene rings is 1. The molecule has 1 heterocycles. The molecule has 2 heteroatoms. The minimum Gasteiger partial charge on any atom is -0.323 e. The molecule has 0 atom stereocenters. The summed E-state index contributed by atoms with van der Waals surface area (Å²) in [4.78, 5) is 0. The first-order valence-electron chi connectivity index (χ1n) is 4.17. The summed E-state index contributed by atoms with van der Waals surface area (Å²) < 4.78 is 3.41. The first-order chi connectivity index (χ1) is 6.27. The van der Waals surface area contributed by atoms with Crippen molar-refractivity contribution in [2.24, 2.45) is 0 Å². The van der Waals surface area contributed by atoms with Gasteiger partial charge in [-0.3, -0.25) is 0 Å². The molecule has 0 saturated carbocycles. The van der Waals surface area contributed by atoms with E-state index in [0.29, 0.717) is 0 Å². The molecule has 0 unspecified atom stereocenters. The molecule has 13 heavy (non-hydrogen) atoms. The average molecular weight is 283 g/mol. The highest BCUT2D eigenvalue weighted by atomic mass is 127. The second-order valence-electron chi connectivity index (χ2n) is 3.05. The van der Waals surface area contributed by atoms with Crippen molar-refractivity contribution in [3.8, 4) is 5.69 Å². The van der Waals surface area contributed by atoms with Crippen LogP contribution in [0.25, 0.3) is 5.69 Å². The van der Waals surface area contributed by atoms with Crippen LogP contribution in [-0.4, -0.2) is 4.57 Å². The van der Waals surface area contributed by atoms with Crippen molar-refractivity contribution in [3.63, 3.8) is 0 Å². The van der Waals surface area contributed by atoms with Crippen LogP contribution in [-0.2, 0) is 0 Å². The number of aromatic nitrogens is 1. The van der Waals surface area contributed by atoms with E-state index in [1.54, 1.807) is 0 Å². The first kappa shape index (κ1) is 8.81. The van der Waals surface area contributed by atoms with Crippen LogP contribution >= 0.6 is 22.6 Å². The zero-order valence-corrected chi connectivity index (χ0v) is 9.52. The van der Waals surface area contributed by atoms with Crippen molar-refractivity contribution in [1.29, 1.82) is 0 Å². The molecule has 0 spiro atoms. The summed E-state index contributed by atoms with van der Waals surface area (Å²) in [5.74, 6) is 0. The van der Waals surface area contributed by atoms with Crippen LogP contribution < -0.4 is 0 Å². The number of hydrogen-bond acceptors (Lipinski definition) is 0. The van der Waals surface area contributed by atoms with Crippen LogP contribution in [0, 0.1) is 10.5 Å². The minimum atomic E-state index is 1.25. The predicted molar refractivity (Wildman–Crippen MR) is 63.2 cm³/mol. The Morgan fingerprint density at radius 1 is 1.15 bits per heavy atom. The van der Waals surface area contributed by atoms with Gasteiger partial charge in [0, 0.05) is 16.0 Å². The van der Waals surface area contributed by atoms with Crippen LogP contribution in [0.2, 0.25) is 0 Å². The van der Waals surface area contributed by atoms with Crippen LogP contribution in [0.3, 0.4) is 0 Å². The van der Waals surface area contributed by atoms with Gasteiger partial charge in [-0.2, -0.15) is 0 Å².